The number of piperazine rings is 1. The first-order valence-electron chi connectivity index (χ1n) is 6.53. The van der Waals surface area contributed by atoms with Crippen LogP contribution in [0.5, 0.6) is 0 Å². The summed E-state index contributed by atoms with van der Waals surface area (Å²) in [5.74, 6) is 1.43. The Hall–Kier alpha value is -0.870. The molecule has 0 saturated carbocycles. The van der Waals surface area contributed by atoms with E-state index in [1.165, 1.54) is 19.5 Å². The molecule has 3 rings (SSSR count). The van der Waals surface area contributed by atoms with Crippen molar-refractivity contribution in [2.24, 2.45) is 0 Å². The summed E-state index contributed by atoms with van der Waals surface area (Å²) in [6.07, 6.45) is 1.36. The van der Waals surface area contributed by atoms with Gasteiger partial charge < -0.3 is 9.42 Å². The Morgan fingerprint density at radius 1 is 1.41 bits per heavy atom. The summed E-state index contributed by atoms with van der Waals surface area (Å²) in [6, 6.07) is 3.58. The molecule has 3 heterocycles. The normalized spacial score (nSPS) is 29.6. The van der Waals surface area contributed by atoms with Crippen LogP contribution in [0.25, 0.3) is 0 Å². The average molecular weight is 235 g/mol. The molecule has 1 aromatic heterocycles. The van der Waals surface area contributed by atoms with Crippen LogP contribution >= 0.6 is 0 Å². The molecule has 4 nitrogen and oxygen atoms in total. The van der Waals surface area contributed by atoms with Crippen LogP contribution in [0.4, 0.5) is 0 Å². The van der Waals surface area contributed by atoms with E-state index in [0.29, 0.717) is 5.92 Å². The van der Waals surface area contributed by atoms with E-state index < -0.39 is 0 Å². The topological polar surface area (TPSA) is 32.5 Å². The van der Waals surface area contributed by atoms with E-state index in [2.05, 4.69) is 41.9 Å². The number of piperidine rings is 1. The molecule has 17 heavy (non-hydrogen) atoms. The van der Waals surface area contributed by atoms with Crippen LogP contribution in [-0.4, -0.2) is 47.2 Å². The SMILES string of the molecule is CC(C)c1cc(CN2C3CC2CN(C)C3)no1. The summed E-state index contributed by atoms with van der Waals surface area (Å²) in [7, 11) is 2.21. The van der Waals surface area contributed by atoms with Gasteiger partial charge in [-0.15, -0.1) is 0 Å². The average Bonchev–Trinajstić information content (AvgIpc) is 2.74. The lowest BCUT2D eigenvalue weighted by atomic mass is 9.87. The number of hydrogen-bond acceptors (Lipinski definition) is 4. The van der Waals surface area contributed by atoms with Crippen molar-refractivity contribution >= 4 is 0 Å². The maximum absolute atomic E-state index is 5.35. The molecule has 0 N–H and O–H groups in total. The highest BCUT2D eigenvalue weighted by molar-refractivity contribution is 5.11. The third kappa shape index (κ3) is 2.00. The molecule has 2 bridgehead atoms. The first kappa shape index (κ1) is 11.2. The van der Waals surface area contributed by atoms with Gasteiger partial charge in [-0.1, -0.05) is 19.0 Å². The second-order valence-corrected chi connectivity index (χ2v) is 5.81. The van der Waals surface area contributed by atoms with Crippen LogP contribution in [-0.2, 0) is 6.54 Å². The molecule has 1 aromatic rings. The fraction of sp³-hybridized carbons (Fsp3) is 0.769. The van der Waals surface area contributed by atoms with E-state index in [9.17, 15) is 0 Å². The van der Waals surface area contributed by atoms with Crippen LogP contribution in [0.3, 0.4) is 0 Å². The number of likely N-dealkylation sites (tertiary alicyclic amines) is 2. The quantitative estimate of drug-likeness (QED) is 0.798. The standard InChI is InChI=1S/C13H21N3O/c1-9(2)13-4-10(14-17-13)6-16-11-5-12(16)8-15(3)7-11/h4,9,11-12H,5-8H2,1-3H3. The van der Waals surface area contributed by atoms with Gasteiger partial charge in [-0.25, -0.2) is 0 Å². The molecule has 2 saturated heterocycles. The number of fused-ring (bicyclic) bond motifs is 2. The largest absolute Gasteiger partial charge is 0.361 e. The highest BCUT2D eigenvalue weighted by atomic mass is 16.5. The molecular formula is C13H21N3O. The zero-order valence-electron chi connectivity index (χ0n) is 10.9. The lowest BCUT2D eigenvalue weighted by molar-refractivity contribution is -0.0678. The van der Waals surface area contributed by atoms with Crippen molar-refractivity contribution in [3.63, 3.8) is 0 Å². The van der Waals surface area contributed by atoms with Gasteiger partial charge in [-0.05, 0) is 13.5 Å². The van der Waals surface area contributed by atoms with Gasteiger partial charge in [0.15, 0.2) is 0 Å². The van der Waals surface area contributed by atoms with E-state index in [4.69, 9.17) is 4.52 Å². The van der Waals surface area contributed by atoms with Crippen molar-refractivity contribution in [1.82, 2.24) is 15.0 Å². The van der Waals surface area contributed by atoms with E-state index in [0.717, 1.165) is 30.1 Å². The van der Waals surface area contributed by atoms with E-state index in [1.54, 1.807) is 0 Å². The van der Waals surface area contributed by atoms with Crippen molar-refractivity contribution in [3.05, 3.63) is 17.5 Å². The summed E-state index contributed by atoms with van der Waals surface area (Å²) in [4.78, 5) is 5.00. The zero-order chi connectivity index (χ0) is 12.0. The molecule has 2 aliphatic rings. The number of aromatic nitrogens is 1. The fourth-order valence-electron chi connectivity index (χ4n) is 3.02. The molecule has 0 spiro atoms. The van der Waals surface area contributed by atoms with E-state index >= 15 is 0 Å². The predicted octanol–water partition coefficient (Wildman–Crippen LogP) is 1.69. The lowest BCUT2D eigenvalue weighted by Crippen LogP contribution is -2.67. The zero-order valence-corrected chi connectivity index (χ0v) is 10.9. The van der Waals surface area contributed by atoms with Gasteiger partial charge in [0.05, 0.1) is 5.69 Å². The smallest absolute Gasteiger partial charge is 0.139 e. The van der Waals surface area contributed by atoms with Gasteiger partial charge in [0, 0.05) is 43.7 Å². The van der Waals surface area contributed by atoms with Gasteiger partial charge in [0.1, 0.15) is 5.76 Å². The summed E-state index contributed by atoms with van der Waals surface area (Å²) in [6.45, 7) is 7.63. The van der Waals surface area contributed by atoms with E-state index in [1.807, 2.05) is 0 Å². The van der Waals surface area contributed by atoms with Crippen molar-refractivity contribution in [3.8, 4) is 0 Å². The molecular weight excluding hydrogens is 214 g/mol. The minimum atomic E-state index is 0.429. The third-order valence-corrected chi connectivity index (χ3v) is 4.02. The highest BCUT2D eigenvalue weighted by Gasteiger charge is 2.43. The van der Waals surface area contributed by atoms with Crippen LogP contribution in [0.2, 0.25) is 0 Å². The summed E-state index contributed by atoms with van der Waals surface area (Å²) < 4.78 is 5.35. The van der Waals surface area contributed by atoms with Gasteiger partial charge in [0.2, 0.25) is 0 Å². The first-order chi connectivity index (χ1) is 8.13. The fourth-order valence-corrected chi connectivity index (χ4v) is 3.02. The Morgan fingerprint density at radius 3 is 2.71 bits per heavy atom. The van der Waals surface area contributed by atoms with Gasteiger partial charge in [-0.3, -0.25) is 4.90 Å². The van der Waals surface area contributed by atoms with Crippen LogP contribution in [0, 0.1) is 0 Å². The summed E-state index contributed by atoms with van der Waals surface area (Å²) >= 11 is 0. The Bertz CT molecular complexity index is 389. The Kier molecular flexibility index (Phi) is 2.71. The molecule has 94 valence electrons. The minimum Gasteiger partial charge on any atom is -0.361 e. The Morgan fingerprint density at radius 2 is 2.12 bits per heavy atom. The summed E-state index contributed by atoms with van der Waals surface area (Å²) in [5, 5.41) is 4.18. The van der Waals surface area contributed by atoms with Crippen LogP contribution < -0.4 is 0 Å². The van der Waals surface area contributed by atoms with Crippen molar-refractivity contribution in [1.29, 1.82) is 0 Å². The number of hydrogen-bond donors (Lipinski definition) is 0. The number of rotatable bonds is 3. The van der Waals surface area contributed by atoms with Crippen LogP contribution in [0.1, 0.15) is 37.6 Å². The predicted molar refractivity (Wildman–Crippen MR) is 65.8 cm³/mol. The molecule has 2 atom stereocenters. The number of nitrogens with zero attached hydrogens (tertiary/aromatic N) is 3. The molecule has 0 aromatic carbocycles. The molecule has 0 radical (unpaired) electrons. The maximum atomic E-state index is 5.35. The Labute approximate surface area is 103 Å². The van der Waals surface area contributed by atoms with Crippen molar-refractivity contribution < 1.29 is 4.52 Å². The number of likely N-dealkylation sites (N-methyl/N-ethyl adjacent to an activating group) is 1. The van der Waals surface area contributed by atoms with Crippen molar-refractivity contribution in [2.45, 2.75) is 44.8 Å². The van der Waals surface area contributed by atoms with Crippen LogP contribution in [0.15, 0.2) is 10.6 Å². The third-order valence-electron chi connectivity index (χ3n) is 4.02. The monoisotopic (exact) mass is 235 g/mol. The van der Waals surface area contributed by atoms with Gasteiger partial charge in [0.25, 0.3) is 0 Å². The molecule has 0 amide bonds. The summed E-state index contributed by atoms with van der Waals surface area (Å²) in [5.41, 5.74) is 1.09. The molecule has 2 fully saturated rings. The highest BCUT2D eigenvalue weighted by Crippen LogP contribution is 2.33. The van der Waals surface area contributed by atoms with Crippen molar-refractivity contribution in [2.75, 3.05) is 20.1 Å². The maximum Gasteiger partial charge on any atom is 0.139 e. The molecule has 2 aliphatic heterocycles. The molecule has 2 unspecified atom stereocenters. The molecule has 4 heteroatoms. The van der Waals surface area contributed by atoms with Gasteiger partial charge >= 0.3 is 0 Å². The second-order valence-electron chi connectivity index (χ2n) is 5.81. The first-order valence-corrected chi connectivity index (χ1v) is 6.53. The second kappa shape index (κ2) is 4.10. The van der Waals surface area contributed by atoms with Gasteiger partial charge in [-0.2, -0.15) is 0 Å². The Balaban J connectivity index is 1.64. The minimum absolute atomic E-state index is 0.429. The molecule has 0 aliphatic carbocycles. The van der Waals surface area contributed by atoms with E-state index in [-0.39, 0.29) is 0 Å². The lowest BCUT2D eigenvalue weighted by Gasteiger charge is -2.55.